The lowest BCUT2D eigenvalue weighted by Crippen LogP contribution is -1.99. The Labute approximate surface area is 111 Å². The van der Waals surface area contributed by atoms with Crippen LogP contribution < -0.4 is 4.74 Å². The van der Waals surface area contributed by atoms with Gasteiger partial charge in [0, 0.05) is 5.56 Å². The first-order valence-corrected chi connectivity index (χ1v) is 5.92. The van der Waals surface area contributed by atoms with Crippen molar-refractivity contribution in [1.29, 1.82) is 0 Å². The van der Waals surface area contributed by atoms with Crippen LogP contribution in [0.4, 0.5) is 0 Å². The minimum Gasteiger partial charge on any atom is -0.496 e. The minimum absolute atomic E-state index is 0.338. The number of hydrogen-bond acceptors (Lipinski definition) is 4. The van der Waals surface area contributed by atoms with Gasteiger partial charge in [0.1, 0.15) is 5.75 Å². The number of aryl methyl sites for hydroxylation is 1. The summed E-state index contributed by atoms with van der Waals surface area (Å²) in [5.41, 5.74) is 4.12. The molecule has 0 radical (unpaired) electrons. The van der Waals surface area contributed by atoms with E-state index in [2.05, 4.69) is 15.2 Å². The number of aromatic nitrogens is 3. The Bertz CT molecular complexity index is 599. The van der Waals surface area contributed by atoms with E-state index in [1.807, 2.05) is 26.8 Å². The quantitative estimate of drug-likeness (QED) is 0.835. The zero-order valence-electron chi connectivity index (χ0n) is 10.8. The Kier molecular flexibility index (Phi) is 3.48. The normalized spacial score (nSPS) is 10.5. The van der Waals surface area contributed by atoms with E-state index in [0.29, 0.717) is 11.0 Å². The first-order valence-electron chi connectivity index (χ1n) is 5.55. The summed E-state index contributed by atoms with van der Waals surface area (Å²) in [5, 5.41) is 8.19. The zero-order valence-corrected chi connectivity index (χ0v) is 11.5. The third-order valence-corrected chi connectivity index (χ3v) is 3.18. The average molecular weight is 264 g/mol. The molecule has 1 aromatic heterocycles. The van der Waals surface area contributed by atoms with E-state index in [9.17, 15) is 0 Å². The molecule has 0 N–H and O–H groups in total. The van der Waals surface area contributed by atoms with Gasteiger partial charge < -0.3 is 4.74 Å². The van der Waals surface area contributed by atoms with E-state index < -0.39 is 0 Å². The van der Waals surface area contributed by atoms with Crippen LogP contribution in [0.25, 0.3) is 11.4 Å². The SMILES string of the molecule is COc1c(C)cc(-c2nncc(Cl)n2)c(C)c1C. The van der Waals surface area contributed by atoms with Crippen molar-refractivity contribution in [3.63, 3.8) is 0 Å². The van der Waals surface area contributed by atoms with Crippen LogP contribution in [0.3, 0.4) is 0 Å². The number of benzene rings is 1. The molecular formula is C13H14ClN3O. The molecule has 0 atom stereocenters. The molecule has 2 aromatic rings. The molecule has 0 amide bonds. The van der Waals surface area contributed by atoms with Crippen LogP contribution in [0.15, 0.2) is 12.3 Å². The lowest BCUT2D eigenvalue weighted by atomic mass is 9.98. The summed E-state index contributed by atoms with van der Waals surface area (Å²) in [5.74, 6) is 1.43. The van der Waals surface area contributed by atoms with Crippen molar-refractivity contribution in [2.24, 2.45) is 0 Å². The van der Waals surface area contributed by atoms with E-state index in [1.54, 1.807) is 7.11 Å². The van der Waals surface area contributed by atoms with Gasteiger partial charge in [-0.2, -0.15) is 5.10 Å². The molecule has 0 saturated heterocycles. The molecule has 0 aliphatic carbocycles. The number of methoxy groups -OCH3 is 1. The zero-order chi connectivity index (χ0) is 13.3. The van der Waals surface area contributed by atoms with Crippen molar-refractivity contribution in [1.82, 2.24) is 15.2 Å². The van der Waals surface area contributed by atoms with Crippen LogP contribution in [0.2, 0.25) is 5.15 Å². The van der Waals surface area contributed by atoms with Gasteiger partial charge in [0.2, 0.25) is 0 Å². The van der Waals surface area contributed by atoms with Gasteiger partial charge in [-0.25, -0.2) is 4.98 Å². The molecular weight excluding hydrogens is 250 g/mol. The van der Waals surface area contributed by atoms with Gasteiger partial charge in [-0.05, 0) is 43.5 Å². The fraction of sp³-hybridized carbons (Fsp3) is 0.308. The van der Waals surface area contributed by atoms with Crippen molar-refractivity contribution >= 4 is 11.6 Å². The highest BCUT2D eigenvalue weighted by atomic mass is 35.5. The van der Waals surface area contributed by atoms with Gasteiger partial charge in [0.25, 0.3) is 0 Å². The number of halogens is 1. The molecule has 2 rings (SSSR count). The van der Waals surface area contributed by atoms with E-state index in [0.717, 1.165) is 28.0 Å². The van der Waals surface area contributed by atoms with Crippen LogP contribution in [-0.4, -0.2) is 22.3 Å². The minimum atomic E-state index is 0.338. The molecule has 0 saturated carbocycles. The van der Waals surface area contributed by atoms with Gasteiger partial charge in [-0.3, -0.25) is 0 Å². The van der Waals surface area contributed by atoms with E-state index in [4.69, 9.17) is 16.3 Å². The maximum atomic E-state index is 5.85. The van der Waals surface area contributed by atoms with Crippen molar-refractivity contribution in [3.8, 4) is 17.1 Å². The lowest BCUT2D eigenvalue weighted by molar-refractivity contribution is 0.408. The van der Waals surface area contributed by atoms with Crippen LogP contribution >= 0.6 is 11.6 Å². The third kappa shape index (κ3) is 2.16. The van der Waals surface area contributed by atoms with Crippen LogP contribution in [0, 0.1) is 20.8 Å². The maximum Gasteiger partial charge on any atom is 0.183 e. The summed E-state index contributed by atoms with van der Waals surface area (Å²) in [7, 11) is 1.67. The Morgan fingerprint density at radius 3 is 2.50 bits per heavy atom. The summed E-state index contributed by atoms with van der Waals surface area (Å²) >= 11 is 5.85. The molecule has 0 bridgehead atoms. The number of hydrogen-bond donors (Lipinski definition) is 0. The van der Waals surface area contributed by atoms with E-state index in [-0.39, 0.29) is 0 Å². The summed E-state index contributed by atoms with van der Waals surface area (Å²) in [4.78, 5) is 4.19. The molecule has 1 aromatic carbocycles. The first-order chi connectivity index (χ1) is 8.54. The highest BCUT2D eigenvalue weighted by molar-refractivity contribution is 6.29. The second kappa shape index (κ2) is 4.90. The van der Waals surface area contributed by atoms with Crippen molar-refractivity contribution in [3.05, 3.63) is 34.1 Å². The van der Waals surface area contributed by atoms with Crippen molar-refractivity contribution in [2.75, 3.05) is 7.11 Å². The van der Waals surface area contributed by atoms with Gasteiger partial charge in [0.05, 0.1) is 13.3 Å². The summed E-state index contributed by atoms with van der Waals surface area (Å²) < 4.78 is 5.39. The van der Waals surface area contributed by atoms with E-state index >= 15 is 0 Å². The topological polar surface area (TPSA) is 47.9 Å². The Balaban J connectivity index is 2.66. The number of nitrogens with zero attached hydrogens (tertiary/aromatic N) is 3. The molecule has 0 unspecified atom stereocenters. The maximum absolute atomic E-state index is 5.85. The molecule has 0 aliphatic heterocycles. The number of ether oxygens (including phenoxy) is 1. The average Bonchev–Trinajstić information content (AvgIpc) is 2.34. The molecule has 94 valence electrons. The molecule has 1 heterocycles. The first kappa shape index (κ1) is 12.8. The molecule has 18 heavy (non-hydrogen) atoms. The summed E-state index contributed by atoms with van der Waals surface area (Å²) in [6.07, 6.45) is 1.42. The molecule has 4 nitrogen and oxygen atoms in total. The van der Waals surface area contributed by atoms with Crippen molar-refractivity contribution < 1.29 is 4.74 Å². The fourth-order valence-electron chi connectivity index (χ4n) is 2.00. The van der Waals surface area contributed by atoms with Gasteiger partial charge in [-0.15, -0.1) is 5.10 Å². The van der Waals surface area contributed by atoms with Crippen molar-refractivity contribution in [2.45, 2.75) is 20.8 Å². The third-order valence-electron chi connectivity index (χ3n) is 3.00. The highest BCUT2D eigenvalue weighted by Gasteiger charge is 2.14. The molecule has 0 fully saturated rings. The molecule has 5 heteroatoms. The van der Waals surface area contributed by atoms with Gasteiger partial charge >= 0.3 is 0 Å². The predicted molar refractivity (Wildman–Crippen MR) is 71.0 cm³/mol. The van der Waals surface area contributed by atoms with Crippen LogP contribution in [0.5, 0.6) is 5.75 Å². The Morgan fingerprint density at radius 1 is 1.17 bits per heavy atom. The predicted octanol–water partition coefficient (Wildman–Crippen LogP) is 3.13. The fourth-order valence-corrected chi connectivity index (χ4v) is 2.13. The summed E-state index contributed by atoms with van der Waals surface area (Å²) in [6, 6.07) is 1.99. The molecule has 0 spiro atoms. The Morgan fingerprint density at radius 2 is 1.89 bits per heavy atom. The second-order valence-corrected chi connectivity index (χ2v) is 4.51. The summed E-state index contributed by atoms with van der Waals surface area (Å²) in [6.45, 7) is 6.02. The monoisotopic (exact) mass is 263 g/mol. The number of rotatable bonds is 2. The van der Waals surface area contributed by atoms with Crippen LogP contribution in [0.1, 0.15) is 16.7 Å². The molecule has 0 aliphatic rings. The lowest BCUT2D eigenvalue weighted by Gasteiger charge is -2.14. The standard InChI is InChI=1S/C13H14ClN3O/c1-7-5-10(8(2)9(3)12(7)18-4)13-16-11(14)6-15-17-13/h5-6H,1-4H3. The second-order valence-electron chi connectivity index (χ2n) is 4.13. The van der Waals surface area contributed by atoms with E-state index in [1.165, 1.54) is 6.20 Å². The van der Waals surface area contributed by atoms with Crippen LogP contribution in [-0.2, 0) is 0 Å². The van der Waals surface area contributed by atoms with Gasteiger partial charge in [-0.1, -0.05) is 11.6 Å². The van der Waals surface area contributed by atoms with Gasteiger partial charge in [0.15, 0.2) is 11.0 Å². The largest absolute Gasteiger partial charge is 0.496 e. The Hall–Kier alpha value is -1.68. The highest BCUT2D eigenvalue weighted by Crippen LogP contribution is 2.32. The smallest absolute Gasteiger partial charge is 0.183 e.